The van der Waals surface area contributed by atoms with Gasteiger partial charge in [-0.2, -0.15) is 0 Å². The van der Waals surface area contributed by atoms with Gasteiger partial charge in [-0.05, 0) is 37.1 Å². The predicted molar refractivity (Wildman–Crippen MR) is 97.1 cm³/mol. The van der Waals surface area contributed by atoms with Gasteiger partial charge < -0.3 is 9.47 Å². The summed E-state index contributed by atoms with van der Waals surface area (Å²) in [4.78, 5) is 13.9. The molecule has 3 rings (SSSR count). The van der Waals surface area contributed by atoms with E-state index in [1.807, 2.05) is 56.3 Å². The van der Waals surface area contributed by atoms with Gasteiger partial charge >= 0.3 is 5.97 Å². The van der Waals surface area contributed by atoms with Crippen LogP contribution in [0.15, 0.2) is 54.6 Å². The molecule has 0 unspecified atom stereocenters. The third kappa shape index (κ3) is 3.19. The molecule has 0 spiro atoms. The van der Waals surface area contributed by atoms with Crippen LogP contribution in [-0.4, -0.2) is 13.1 Å². The first-order valence-corrected chi connectivity index (χ1v) is 8.43. The van der Waals surface area contributed by atoms with Crippen LogP contribution < -0.4 is 4.74 Å². The van der Waals surface area contributed by atoms with Crippen LogP contribution in [0.1, 0.15) is 20.1 Å². The largest absolute Gasteiger partial charge is 0.465 e. The molecule has 0 fully saturated rings. The summed E-state index contributed by atoms with van der Waals surface area (Å²) in [5, 5.41) is 0. The summed E-state index contributed by atoms with van der Waals surface area (Å²) in [7, 11) is 1.38. The predicted octanol–water partition coefficient (Wildman–Crippen LogP) is 5.61. The smallest absolute Gasteiger partial charge is 0.342 e. The first-order valence-electron chi connectivity index (χ1n) is 7.62. The van der Waals surface area contributed by atoms with Crippen LogP contribution in [0.4, 0.5) is 0 Å². The first-order chi connectivity index (χ1) is 11.6. The lowest BCUT2D eigenvalue weighted by atomic mass is 10.1. The van der Waals surface area contributed by atoms with Crippen molar-refractivity contribution in [2.45, 2.75) is 13.8 Å². The van der Waals surface area contributed by atoms with Crippen molar-refractivity contribution >= 4 is 17.3 Å². The number of aryl methyl sites for hydroxylation is 2. The monoisotopic (exact) mass is 338 g/mol. The standard InChI is InChI=1S/C20H18O3S/c1-13-18(20(21)22-3)19(14(2)24-13)23-17-11-9-16(10-12-17)15-7-5-4-6-8-15/h4-12H,1-3H3. The number of hydrogen-bond acceptors (Lipinski definition) is 4. The average Bonchev–Trinajstić information content (AvgIpc) is 2.89. The summed E-state index contributed by atoms with van der Waals surface area (Å²) >= 11 is 1.53. The van der Waals surface area contributed by atoms with Crippen molar-refractivity contribution in [1.29, 1.82) is 0 Å². The Balaban J connectivity index is 1.89. The molecule has 1 aromatic heterocycles. The Labute approximate surface area is 145 Å². The van der Waals surface area contributed by atoms with Crippen LogP contribution in [0.2, 0.25) is 0 Å². The van der Waals surface area contributed by atoms with E-state index < -0.39 is 0 Å². The minimum Gasteiger partial charge on any atom is -0.465 e. The van der Waals surface area contributed by atoms with Crippen LogP contribution in [-0.2, 0) is 4.74 Å². The summed E-state index contributed by atoms with van der Waals surface area (Å²) in [6, 6.07) is 18.0. The molecule has 0 bridgehead atoms. The van der Waals surface area contributed by atoms with E-state index in [1.165, 1.54) is 18.4 Å². The summed E-state index contributed by atoms with van der Waals surface area (Å²) in [6.45, 7) is 3.84. The third-order valence-corrected chi connectivity index (χ3v) is 4.78. The molecule has 2 aromatic carbocycles. The van der Waals surface area contributed by atoms with E-state index in [0.29, 0.717) is 17.1 Å². The van der Waals surface area contributed by atoms with Crippen molar-refractivity contribution in [2.75, 3.05) is 7.11 Å². The van der Waals surface area contributed by atoms with Gasteiger partial charge in [0.1, 0.15) is 11.3 Å². The molecule has 0 amide bonds. The molecular formula is C20H18O3S. The Bertz CT molecular complexity index is 849. The molecular weight excluding hydrogens is 320 g/mol. The minimum absolute atomic E-state index is 0.368. The van der Waals surface area contributed by atoms with E-state index in [1.54, 1.807) is 0 Å². The molecule has 0 N–H and O–H groups in total. The topological polar surface area (TPSA) is 35.5 Å². The number of thiophene rings is 1. The van der Waals surface area contributed by atoms with Crippen molar-refractivity contribution in [3.8, 4) is 22.6 Å². The zero-order valence-electron chi connectivity index (χ0n) is 13.8. The van der Waals surface area contributed by atoms with Crippen LogP contribution in [0, 0.1) is 13.8 Å². The molecule has 0 atom stereocenters. The number of esters is 1. The highest BCUT2D eigenvalue weighted by molar-refractivity contribution is 7.12. The zero-order valence-corrected chi connectivity index (χ0v) is 14.6. The Kier molecular flexibility index (Phi) is 4.67. The van der Waals surface area contributed by atoms with Gasteiger partial charge in [0.2, 0.25) is 0 Å². The summed E-state index contributed by atoms with van der Waals surface area (Å²) in [5.41, 5.74) is 2.78. The highest BCUT2D eigenvalue weighted by Gasteiger charge is 2.22. The second kappa shape index (κ2) is 6.89. The van der Waals surface area contributed by atoms with Crippen LogP contribution in [0.5, 0.6) is 11.5 Å². The summed E-state index contributed by atoms with van der Waals surface area (Å²) in [6.07, 6.45) is 0. The fourth-order valence-corrected chi connectivity index (χ4v) is 3.56. The van der Waals surface area contributed by atoms with Crippen LogP contribution in [0.25, 0.3) is 11.1 Å². The van der Waals surface area contributed by atoms with Gasteiger partial charge in [0.05, 0.1) is 7.11 Å². The first kappa shape index (κ1) is 16.3. The number of benzene rings is 2. The second-order valence-corrected chi connectivity index (χ2v) is 6.83. The van der Waals surface area contributed by atoms with Crippen LogP contribution in [0.3, 0.4) is 0 Å². The molecule has 3 nitrogen and oxygen atoms in total. The Morgan fingerprint density at radius 1 is 0.875 bits per heavy atom. The fraction of sp³-hybridized carbons (Fsp3) is 0.150. The molecule has 122 valence electrons. The quantitative estimate of drug-likeness (QED) is 0.580. The molecule has 24 heavy (non-hydrogen) atoms. The SMILES string of the molecule is COC(=O)c1c(C)sc(C)c1Oc1ccc(-c2ccccc2)cc1. The minimum atomic E-state index is -0.368. The maximum atomic E-state index is 12.0. The van der Waals surface area contributed by atoms with Crippen molar-refractivity contribution < 1.29 is 14.3 Å². The van der Waals surface area contributed by atoms with Gasteiger partial charge in [-0.15, -0.1) is 11.3 Å². The van der Waals surface area contributed by atoms with E-state index in [4.69, 9.17) is 9.47 Å². The van der Waals surface area contributed by atoms with Crippen molar-refractivity contribution in [1.82, 2.24) is 0 Å². The molecule has 3 aromatic rings. The average molecular weight is 338 g/mol. The van der Waals surface area contributed by atoms with Gasteiger partial charge in [-0.3, -0.25) is 0 Å². The molecule has 0 aliphatic rings. The van der Waals surface area contributed by atoms with E-state index in [2.05, 4.69) is 12.1 Å². The highest BCUT2D eigenvalue weighted by atomic mass is 32.1. The van der Waals surface area contributed by atoms with E-state index >= 15 is 0 Å². The van der Waals surface area contributed by atoms with Crippen molar-refractivity contribution in [2.24, 2.45) is 0 Å². The number of rotatable bonds is 4. The number of carbonyl (C=O) groups is 1. The molecule has 0 aliphatic carbocycles. The number of hydrogen-bond donors (Lipinski definition) is 0. The van der Waals surface area contributed by atoms with Gasteiger partial charge in [-0.1, -0.05) is 42.5 Å². The number of ether oxygens (including phenoxy) is 2. The number of methoxy groups -OCH3 is 1. The Morgan fingerprint density at radius 2 is 1.50 bits per heavy atom. The lowest BCUT2D eigenvalue weighted by molar-refractivity contribution is 0.0598. The van der Waals surface area contributed by atoms with Gasteiger partial charge in [0, 0.05) is 9.75 Å². The molecule has 0 saturated heterocycles. The maximum absolute atomic E-state index is 12.0. The molecule has 4 heteroatoms. The number of carbonyl (C=O) groups excluding carboxylic acids is 1. The molecule has 0 radical (unpaired) electrons. The third-order valence-electron chi connectivity index (χ3n) is 3.78. The fourth-order valence-electron chi connectivity index (χ4n) is 2.59. The van der Waals surface area contributed by atoms with E-state index in [9.17, 15) is 4.79 Å². The molecule has 0 saturated carbocycles. The lowest BCUT2D eigenvalue weighted by Crippen LogP contribution is -2.03. The Morgan fingerprint density at radius 3 is 2.12 bits per heavy atom. The normalized spacial score (nSPS) is 10.5. The molecule has 1 heterocycles. The van der Waals surface area contributed by atoms with Gasteiger partial charge in [0.15, 0.2) is 5.75 Å². The maximum Gasteiger partial charge on any atom is 0.342 e. The van der Waals surface area contributed by atoms with E-state index in [-0.39, 0.29) is 5.97 Å². The van der Waals surface area contributed by atoms with E-state index in [0.717, 1.165) is 20.9 Å². The summed E-state index contributed by atoms with van der Waals surface area (Å²) in [5.74, 6) is 0.908. The van der Waals surface area contributed by atoms with Crippen molar-refractivity contribution in [3.05, 3.63) is 69.9 Å². The molecule has 0 aliphatic heterocycles. The van der Waals surface area contributed by atoms with Gasteiger partial charge in [0.25, 0.3) is 0 Å². The zero-order chi connectivity index (χ0) is 17.1. The highest BCUT2D eigenvalue weighted by Crippen LogP contribution is 2.38. The Hall–Kier alpha value is -2.59. The second-order valence-electron chi connectivity index (χ2n) is 5.40. The van der Waals surface area contributed by atoms with Crippen molar-refractivity contribution in [3.63, 3.8) is 0 Å². The lowest BCUT2D eigenvalue weighted by Gasteiger charge is -2.09. The van der Waals surface area contributed by atoms with Gasteiger partial charge in [-0.25, -0.2) is 4.79 Å². The van der Waals surface area contributed by atoms with Crippen LogP contribution >= 0.6 is 11.3 Å². The summed E-state index contributed by atoms with van der Waals surface area (Å²) < 4.78 is 10.9.